The van der Waals surface area contributed by atoms with Gasteiger partial charge in [0.25, 0.3) is 0 Å². The lowest BCUT2D eigenvalue weighted by Gasteiger charge is -2.19. The predicted molar refractivity (Wildman–Crippen MR) is 44.0 cm³/mol. The summed E-state index contributed by atoms with van der Waals surface area (Å²) in [4.78, 5) is 10.2. The van der Waals surface area contributed by atoms with Crippen LogP contribution in [-0.4, -0.2) is 22.4 Å². The Bertz CT molecular complexity index is 125. The molecular weight excluding hydrogens is 170 g/mol. The summed E-state index contributed by atoms with van der Waals surface area (Å²) in [6.45, 7) is 0. The molecule has 0 bridgehead atoms. The highest BCUT2D eigenvalue weighted by molar-refractivity contribution is 8.17. The maximum absolute atomic E-state index is 10.2. The van der Waals surface area contributed by atoms with Crippen LogP contribution in [0, 0.1) is 0 Å². The van der Waals surface area contributed by atoms with Crippen LogP contribution in [0.4, 0.5) is 4.79 Å². The molecule has 0 atom stereocenters. The second-order valence-electron chi connectivity index (χ2n) is 1.82. The quantitative estimate of drug-likeness (QED) is 0.658. The lowest BCUT2D eigenvalue weighted by molar-refractivity contribution is 0.169. The number of thioether (sulfide) groups is 2. The van der Waals surface area contributed by atoms with Crippen molar-refractivity contribution in [3.8, 4) is 0 Å². The normalized spacial score (nSPS) is 20.4. The highest BCUT2D eigenvalue weighted by atomic mass is 32.2. The molecule has 1 saturated heterocycles. The zero-order valence-corrected chi connectivity index (χ0v) is 7.04. The van der Waals surface area contributed by atoms with Gasteiger partial charge in [0.1, 0.15) is 0 Å². The molecule has 0 aromatic rings. The van der Waals surface area contributed by atoms with Gasteiger partial charge in [-0.15, -0.1) is 23.5 Å². The Kier molecular flexibility index (Phi) is 3.21. The summed E-state index contributed by atoms with van der Waals surface area (Å²) in [6.07, 6.45) is 0.514. The fourth-order valence-corrected chi connectivity index (χ4v) is 3.11. The molecule has 1 heterocycles. The number of hydrogen-bond acceptors (Lipinski definition) is 4. The van der Waals surface area contributed by atoms with Gasteiger partial charge < -0.3 is 10.5 Å². The van der Waals surface area contributed by atoms with E-state index in [1.807, 2.05) is 0 Å². The van der Waals surface area contributed by atoms with E-state index in [1.54, 1.807) is 23.5 Å². The summed E-state index contributed by atoms with van der Waals surface area (Å²) in [7, 11) is 0. The Morgan fingerprint density at radius 1 is 1.50 bits per heavy atom. The molecule has 10 heavy (non-hydrogen) atoms. The van der Waals surface area contributed by atoms with Crippen molar-refractivity contribution >= 4 is 29.6 Å². The number of rotatable bonds is 1. The molecule has 0 saturated carbocycles. The Balaban J connectivity index is 2.19. The molecule has 0 aliphatic carbocycles. The first-order chi connectivity index (χ1) is 4.79. The first-order valence-electron chi connectivity index (χ1n) is 2.98. The Morgan fingerprint density at radius 3 is 2.60 bits per heavy atom. The van der Waals surface area contributed by atoms with Crippen LogP contribution < -0.4 is 5.73 Å². The molecule has 0 unspecified atom stereocenters. The third-order valence-corrected chi connectivity index (χ3v) is 3.61. The summed E-state index contributed by atoms with van der Waals surface area (Å²) in [6, 6.07) is 0. The van der Waals surface area contributed by atoms with E-state index in [9.17, 15) is 4.79 Å². The second kappa shape index (κ2) is 3.98. The van der Waals surface area contributed by atoms with Crippen LogP contribution in [0.1, 0.15) is 6.42 Å². The number of hydrogen-bond donors (Lipinski definition) is 1. The van der Waals surface area contributed by atoms with E-state index in [0.29, 0.717) is 0 Å². The van der Waals surface area contributed by atoms with Crippen molar-refractivity contribution in [1.82, 2.24) is 0 Å². The Labute approximate surface area is 68.1 Å². The van der Waals surface area contributed by atoms with Gasteiger partial charge in [-0.3, -0.25) is 0 Å². The van der Waals surface area contributed by atoms with Crippen molar-refractivity contribution in [1.29, 1.82) is 0 Å². The SMILES string of the molecule is NC(=O)OC1SCCCS1. The van der Waals surface area contributed by atoms with Gasteiger partial charge in [0.2, 0.25) is 0 Å². The van der Waals surface area contributed by atoms with Crippen molar-refractivity contribution in [3.63, 3.8) is 0 Å². The van der Waals surface area contributed by atoms with Crippen molar-refractivity contribution in [2.24, 2.45) is 5.73 Å². The smallest absolute Gasteiger partial charge is 0.406 e. The van der Waals surface area contributed by atoms with Crippen LogP contribution in [0.2, 0.25) is 0 Å². The standard InChI is InChI=1S/C5H9NO2S2/c6-4(7)8-5-9-2-1-3-10-5/h5H,1-3H2,(H2,6,7). The molecule has 2 N–H and O–H groups in total. The van der Waals surface area contributed by atoms with Crippen LogP contribution in [0.15, 0.2) is 0 Å². The minimum Gasteiger partial charge on any atom is -0.425 e. The molecule has 1 aliphatic rings. The molecular formula is C5H9NO2S2. The summed E-state index contributed by atoms with van der Waals surface area (Å²) >= 11 is 3.26. The number of carbonyl (C=O) groups excluding carboxylic acids is 1. The fourth-order valence-electron chi connectivity index (χ4n) is 0.629. The van der Waals surface area contributed by atoms with E-state index < -0.39 is 6.09 Å². The molecule has 58 valence electrons. The molecule has 1 rings (SSSR count). The van der Waals surface area contributed by atoms with Crippen LogP contribution >= 0.6 is 23.5 Å². The summed E-state index contributed by atoms with van der Waals surface area (Å²) in [5.74, 6) is 2.12. The molecule has 0 aromatic heterocycles. The third kappa shape index (κ3) is 2.70. The maximum Gasteiger partial charge on any atom is 0.406 e. The fraction of sp³-hybridized carbons (Fsp3) is 0.800. The number of ether oxygens (including phenoxy) is 1. The van der Waals surface area contributed by atoms with Crippen molar-refractivity contribution in [2.75, 3.05) is 11.5 Å². The molecule has 5 heteroatoms. The molecule has 3 nitrogen and oxygen atoms in total. The molecule has 1 amide bonds. The summed E-state index contributed by atoms with van der Waals surface area (Å²) in [5, 5.41) is 0. The number of primary amides is 1. The monoisotopic (exact) mass is 179 g/mol. The molecule has 1 aliphatic heterocycles. The van der Waals surface area contributed by atoms with Crippen molar-refractivity contribution in [3.05, 3.63) is 0 Å². The van der Waals surface area contributed by atoms with E-state index in [4.69, 9.17) is 10.5 Å². The van der Waals surface area contributed by atoms with E-state index in [0.717, 1.165) is 11.5 Å². The number of amides is 1. The van der Waals surface area contributed by atoms with E-state index >= 15 is 0 Å². The first-order valence-corrected chi connectivity index (χ1v) is 5.08. The van der Waals surface area contributed by atoms with Crippen LogP contribution in [0.25, 0.3) is 0 Å². The lowest BCUT2D eigenvalue weighted by atomic mass is 10.6. The van der Waals surface area contributed by atoms with Crippen LogP contribution in [-0.2, 0) is 4.74 Å². The molecule has 1 fully saturated rings. The Morgan fingerprint density at radius 2 is 2.10 bits per heavy atom. The molecule has 0 spiro atoms. The Hall–Kier alpha value is -0.0300. The summed E-state index contributed by atoms with van der Waals surface area (Å²) < 4.78 is 4.69. The zero-order chi connectivity index (χ0) is 7.40. The van der Waals surface area contributed by atoms with E-state index in [1.165, 1.54) is 6.42 Å². The second-order valence-corrected chi connectivity index (χ2v) is 4.46. The van der Waals surface area contributed by atoms with Gasteiger partial charge in [0, 0.05) is 0 Å². The zero-order valence-electron chi connectivity index (χ0n) is 5.41. The van der Waals surface area contributed by atoms with Gasteiger partial charge in [-0.1, -0.05) is 0 Å². The van der Waals surface area contributed by atoms with Gasteiger partial charge in [-0.25, -0.2) is 4.79 Å². The largest absolute Gasteiger partial charge is 0.425 e. The molecule has 0 radical (unpaired) electrons. The minimum absolute atomic E-state index is 0.0637. The molecule has 0 aromatic carbocycles. The average molecular weight is 179 g/mol. The number of carbonyl (C=O) groups is 1. The van der Waals surface area contributed by atoms with Gasteiger partial charge in [0.15, 0.2) is 4.77 Å². The first kappa shape index (κ1) is 8.07. The van der Waals surface area contributed by atoms with Crippen LogP contribution in [0.3, 0.4) is 0 Å². The number of nitrogens with two attached hydrogens (primary N) is 1. The highest BCUT2D eigenvalue weighted by Gasteiger charge is 2.16. The van der Waals surface area contributed by atoms with Gasteiger partial charge in [-0.05, 0) is 17.9 Å². The predicted octanol–water partition coefficient (Wildman–Crippen LogP) is 1.24. The van der Waals surface area contributed by atoms with E-state index in [2.05, 4.69) is 0 Å². The topological polar surface area (TPSA) is 52.3 Å². The van der Waals surface area contributed by atoms with E-state index in [-0.39, 0.29) is 4.77 Å². The lowest BCUT2D eigenvalue weighted by Crippen LogP contribution is -2.20. The van der Waals surface area contributed by atoms with Gasteiger partial charge >= 0.3 is 6.09 Å². The van der Waals surface area contributed by atoms with Gasteiger partial charge in [-0.2, -0.15) is 0 Å². The van der Waals surface area contributed by atoms with Gasteiger partial charge in [0.05, 0.1) is 0 Å². The van der Waals surface area contributed by atoms with Crippen molar-refractivity contribution in [2.45, 2.75) is 11.2 Å². The third-order valence-electron chi connectivity index (χ3n) is 1.01. The summed E-state index contributed by atoms with van der Waals surface area (Å²) in [5.41, 5.74) is 4.84. The average Bonchev–Trinajstić information content (AvgIpc) is 1.88. The van der Waals surface area contributed by atoms with Crippen molar-refractivity contribution < 1.29 is 9.53 Å². The maximum atomic E-state index is 10.2. The minimum atomic E-state index is -0.674. The van der Waals surface area contributed by atoms with Crippen LogP contribution in [0.5, 0.6) is 0 Å². The highest BCUT2D eigenvalue weighted by Crippen LogP contribution is 2.30.